The minimum Gasteiger partial charge on any atom is -0.397 e. The molecule has 3 rings (SSSR count). The number of urea groups is 1. The lowest BCUT2D eigenvalue weighted by molar-refractivity contribution is -0.132. The molecule has 1 aromatic rings. The van der Waals surface area contributed by atoms with Crippen LogP contribution in [-0.2, 0) is 15.1 Å². The molecule has 2 aliphatic rings. The highest BCUT2D eigenvalue weighted by Gasteiger charge is 2.59. The van der Waals surface area contributed by atoms with Crippen LogP contribution < -0.4 is 21.7 Å². The molecule has 8 heteroatoms. The Balaban J connectivity index is 2.30. The molecular weight excluding hydrogens is 260 g/mol. The Morgan fingerprint density at radius 1 is 1.11 bits per heavy atom. The first-order valence-electron chi connectivity index (χ1n) is 4.99. The number of carbonyl (C=O) groups is 3. The van der Waals surface area contributed by atoms with E-state index in [9.17, 15) is 14.4 Å². The highest BCUT2D eigenvalue weighted by atomic mass is 35.5. The predicted molar refractivity (Wildman–Crippen MR) is 62.8 cm³/mol. The monoisotopic (exact) mass is 266 g/mol. The molecule has 0 aromatic heterocycles. The van der Waals surface area contributed by atoms with Crippen LogP contribution in [0.5, 0.6) is 0 Å². The standard InChI is InChI=1S/C10H7ClN4O3/c11-3-1-4-6(5(12)2-3)13-7(16)10(4)8(17)14-9(18)15-10/h1-2H,12H2,(H,13,16)(H2,14,15,17,18). The van der Waals surface area contributed by atoms with Gasteiger partial charge in [-0.2, -0.15) is 0 Å². The van der Waals surface area contributed by atoms with E-state index in [2.05, 4.69) is 10.6 Å². The molecule has 1 atom stereocenters. The Bertz CT molecular complexity index is 630. The number of anilines is 2. The molecule has 2 aliphatic heterocycles. The molecular formula is C10H7ClN4O3. The van der Waals surface area contributed by atoms with Crippen molar-refractivity contribution in [1.82, 2.24) is 10.6 Å². The normalized spacial score (nSPS) is 24.8. The molecule has 18 heavy (non-hydrogen) atoms. The molecule has 0 bridgehead atoms. The number of benzene rings is 1. The summed E-state index contributed by atoms with van der Waals surface area (Å²) >= 11 is 5.86. The first-order valence-corrected chi connectivity index (χ1v) is 5.37. The molecule has 4 amide bonds. The lowest BCUT2D eigenvalue weighted by Gasteiger charge is -2.17. The van der Waals surface area contributed by atoms with Gasteiger partial charge in [-0.25, -0.2) is 4.79 Å². The van der Waals surface area contributed by atoms with E-state index < -0.39 is 23.4 Å². The van der Waals surface area contributed by atoms with Crippen molar-refractivity contribution in [2.75, 3.05) is 11.1 Å². The molecule has 1 unspecified atom stereocenters. The molecule has 92 valence electrons. The number of fused-ring (bicyclic) bond motifs is 2. The minimum absolute atomic E-state index is 0.233. The topological polar surface area (TPSA) is 113 Å². The van der Waals surface area contributed by atoms with Crippen LogP contribution in [0.2, 0.25) is 5.02 Å². The van der Waals surface area contributed by atoms with Gasteiger partial charge >= 0.3 is 6.03 Å². The van der Waals surface area contributed by atoms with E-state index >= 15 is 0 Å². The van der Waals surface area contributed by atoms with Gasteiger partial charge in [-0.3, -0.25) is 14.9 Å². The van der Waals surface area contributed by atoms with Crippen molar-refractivity contribution in [2.24, 2.45) is 0 Å². The highest BCUT2D eigenvalue weighted by Crippen LogP contribution is 2.42. The highest BCUT2D eigenvalue weighted by molar-refractivity contribution is 6.33. The summed E-state index contributed by atoms with van der Waals surface area (Å²) in [5, 5.41) is 7.09. The van der Waals surface area contributed by atoms with Crippen molar-refractivity contribution in [1.29, 1.82) is 0 Å². The first kappa shape index (κ1) is 10.8. The van der Waals surface area contributed by atoms with Crippen LogP contribution >= 0.6 is 11.6 Å². The van der Waals surface area contributed by atoms with Crippen molar-refractivity contribution in [3.8, 4) is 0 Å². The third-order valence-electron chi connectivity index (χ3n) is 2.99. The fourth-order valence-electron chi connectivity index (χ4n) is 2.20. The fourth-order valence-corrected chi connectivity index (χ4v) is 2.42. The van der Waals surface area contributed by atoms with Crippen molar-refractivity contribution in [2.45, 2.75) is 5.54 Å². The molecule has 0 saturated carbocycles. The zero-order valence-corrected chi connectivity index (χ0v) is 9.59. The predicted octanol–water partition coefficient (Wildman–Crippen LogP) is -0.0910. The summed E-state index contributed by atoms with van der Waals surface area (Å²) in [5.41, 5.74) is 4.73. The van der Waals surface area contributed by atoms with Crippen molar-refractivity contribution in [3.63, 3.8) is 0 Å². The SMILES string of the molecule is Nc1cc(Cl)cc2c1NC(=O)C21NC(=O)NC1=O. The molecule has 0 radical (unpaired) electrons. The summed E-state index contributed by atoms with van der Waals surface area (Å²) in [6.45, 7) is 0. The van der Waals surface area contributed by atoms with E-state index in [0.717, 1.165) is 0 Å². The van der Waals surface area contributed by atoms with Gasteiger partial charge in [0, 0.05) is 10.6 Å². The Morgan fingerprint density at radius 2 is 1.78 bits per heavy atom. The summed E-state index contributed by atoms with van der Waals surface area (Å²) < 4.78 is 0. The van der Waals surface area contributed by atoms with Crippen LogP contribution in [0.3, 0.4) is 0 Å². The summed E-state index contributed by atoms with van der Waals surface area (Å²) in [5.74, 6) is -1.40. The van der Waals surface area contributed by atoms with Crippen LogP contribution in [0.25, 0.3) is 0 Å². The number of nitrogens with one attached hydrogen (secondary N) is 3. The maximum Gasteiger partial charge on any atom is 0.323 e. The van der Waals surface area contributed by atoms with E-state index in [-0.39, 0.29) is 16.3 Å². The number of rotatable bonds is 0. The van der Waals surface area contributed by atoms with E-state index in [1.165, 1.54) is 12.1 Å². The Hall–Kier alpha value is -2.28. The molecule has 1 saturated heterocycles. The van der Waals surface area contributed by atoms with Crippen molar-refractivity contribution in [3.05, 3.63) is 22.7 Å². The van der Waals surface area contributed by atoms with E-state index in [1.54, 1.807) is 0 Å². The first-order chi connectivity index (χ1) is 8.45. The average Bonchev–Trinajstić information content (AvgIpc) is 2.71. The molecule has 5 N–H and O–H groups in total. The maximum atomic E-state index is 12.0. The van der Waals surface area contributed by atoms with E-state index in [1.807, 2.05) is 5.32 Å². The summed E-state index contributed by atoms with van der Waals surface area (Å²) in [6.07, 6.45) is 0. The van der Waals surface area contributed by atoms with Gasteiger partial charge in [-0.15, -0.1) is 0 Å². The van der Waals surface area contributed by atoms with Crippen LogP contribution in [0.4, 0.5) is 16.2 Å². The van der Waals surface area contributed by atoms with Gasteiger partial charge in [0.05, 0.1) is 11.4 Å². The second kappa shape index (κ2) is 3.14. The number of nitrogens with two attached hydrogens (primary N) is 1. The van der Waals surface area contributed by atoms with Gasteiger partial charge in [-0.1, -0.05) is 11.6 Å². The van der Waals surface area contributed by atoms with E-state index in [0.29, 0.717) is 5.69 Å². The Labute approximate surface area is 106 Å². The molecule has 2 heterocycles. The largest absolute Gasteiger partial charge is 0.397 e. The Morgan fingerprint density at radius 3 is 2.39 bits per heavy atom. The van der Waals surface area contributed by atoms with Crippen LogP contribution in [0, 0.1) is 0 Å². The third-order valence-corrected chi connectivity index (χ3v) is 3.20. The number of hydrogen-bond acceptors (Lipinski definition) is 4. The average molecular weight is 267 g/mol. The van der Waals surface area contributed by atoms with Crippen LogP contribution in [0.15, 0.2) is 12.1 Å². The number of amides is 4. The van der Waals surface area contributed by atoms with Gasteiger partial charge < -0.3 is 16.4 Å². The molecule has 1 fully saturated rings. The van der Waals surface area contributed by atoms with Crippen molar-refractivity contribution < 1.29 is 14.4 Å². The van der Waals surface area contributed by atoms with Crippen molar-refractivity contribution >= 4 is 40.8 Å². The van der Waals surface area contributed by atoms with E-state index in [4.69, 9.17) is 17.3 Å². The number of nitrogen functional groups attached to an aromatic ring is 1. The van der Waals surface area contributed by atoms with Gasteiger partial charge in [0.25, 0.3) is 11.8 Å². The second-order valence-corrected chi connectivity index (χ2v) is 4.47. The van der Waals surface area contributed by atoms with Gasteiger partial charge in [0.2, 0.25) is 5.54 Å². The molecule has 7 nitrogen and oxygen atoms in total. The number of halogens is 1. The second-order valence-electron chi connectivity index (χ2n) is 4.03. The quantitative estimate of drug-likeness (QED) is 0.298. The van der Waals surface area contributed by atoms with Crippen LogP contribution in [0.1, 0.15) is 5.56 Å². The Kier molecular flexibility index (Phi) is 1.89. The smallest absolute Gasteiger partial charge is 0.323 e. The van der Waals surface area contributed by atoms with Gasteiger partial charge in [0.1, 0.15) is 0 Å². The zero-order chi connectivity index (χ0) is 13.1. The number of carbonyl (C=O) groups excluding carboxylic acids is 3. The molecule has 0 aliphatic carbocycles. The lowest BCUT2D eigenvalue weighted by atomic mass is 9.91. The van der Waals surface area contributed by atoms with Crippen LogP contribution in [-0.4, -0.2) is 17.8 Å². The minimum atomic E-state index is -1.77. The van der Waals surface area contributed by atoms with Gasteiger partial charge in [0.15, 0.2) is 0 Å². The summed E-state index contributed by atoms with van der Waals surface area (Å²) in [7, 11) is 0. The molecule has 1 spiro atoms. The number of imide groups is 1. The fraction of sp³-hybridized carbons (Fsp3) is 0.100. The maximum absolute atomic E-state index is 12.0. The zero-order valence-electron chi connectivity index (χ0n) is 8.83. The summed E-state index contributed by atoms with van der Waals surface area (Å²) in [4.78, 5) is 35.1. The lowest BCUT2D eigenvalue weighted by Crippen LogP contribution is -2.49. The third kappa shape index (κ3) is 1.11. The number of hydrogen-bond donors (Lipinski definition) is 4. The molecule has 1 aromatic carbocycles. The van der Waals surface area contributed by atoms with Gasteiger partial charge in [-0.05, 0) is 12.1 Å². The summed E-state index contributed by atoms with van der Waals surface area (Å²) in [6, 6.07) is 2.14.